The summed E-state index contributed by atoms with van der Waals surface area (Å²) in [6, 6.07) is 7.50. The summed E-state index contributed by atoms with van der Waals surface area (Å²) in [5.74, 6) is 1.00. The van der Waals surface area contributed by atoms with Gasteiger partial charge >= 0.3 is 0 Å². The molecule has 0 atom stereocenters. The molecular formula is C13H21NO3S. The molecule has 0 amide bonds. The predicted octanol–water partition coefficient (Wildman–Crippen LogP) is 2.26. The van der Waals surface area contributed by atoms with E-state index < -0.39 is 10.0 Å². The number of sulfonamides is 1. The van der Waals surface area contributed by atoms with Crippen LogP contribution in [0.3, 0.4) is 0 Å². The van der Waals surface area contributed by atoms with E-state index in [1.165, 1.54) is 4.31 Å². The molecule has 0 spiro atoms. The predicted molar refractivity (Wildman–Crippen MR) is 73.2 cm³/mol. The third-order valence-corrected chi connectivity index (χ3v) is 4.58. The van der Waals surface area contributed by atoms with Crippen molar-refractivity contribution in [3.05, 3.63) is 29.8 Å². The second-order valence-electron chi connectivity index (χ2n) is 4.15. The van der Waals surface area contributed by atoms with Crippen LogP contribution in [-0.2, 0) is 16.6 Å². The first-order valence-electron chi connectivity index (χ1n) is 6.15. The van der Waals surface area contributed by atoms with E-state index in [0.29, 0.717) is 19.6 Å². The second kappa shape index (κ2) is 6.75. The van der Waals surface area contributed by atoms with Crippen LogP contribution in [0.2, 0.25) is 0 Å². The van der Waals surface area contributed by atoms with E-state index in [-0.39, 0.29) is 5.75 Å². The Morgan fingerprint density at radius 1 is 1.17 bits per heavy atom. The average molecular weight is 271 g/mol. The van der Waals surface area contributed by atoms with E-state index in [0.717, 1.165) is 11.3 Å². The van der Waals surface area contributed by atoms with Gasteiger partial charge in [0.15, 0.2) is 0 Å². The third kappa shape index (κ3) is 4.31. The summed E-state index contributed by atoms with van der Waals surface area (Å²) in [6.07, 6.45) is 0.635. The van der Waals surface area contributed by atoms with Crippen molar-refractivity contribution in [1.82, 2.24) is 4.31 Å². The van der Waals surface area contributed by atoms with Gasteiger partial charge in [0, 0.05) is 13.6 Å². The molecule has 0 radical (unpaired) electrons. The van der Waals surface area contributed by atoms with Crippen LogP contribution >= 0.6 is 0 Å². The van der Waals surface area contributed by atoms with Crippen molar-refractivity contribution in [3.63, 3.8) is 0 Å². The summed E-state index contributed by atoms with van der Waals surface area (Å²) in [6.45, 7) is 4.82. The largest absolute Gasteiger partial charge is 0.494 e. The Morgan fingerprint density at radius 2 is 1.78 bits per heavy atom. The minimum absolute atomic E-state index is 0.195. The summed E-state index contributed by atoms with van der Waals surface area (Å²) in [4.78, 5) is 0. The molecule has 102 valence electrons. The molecule has 0 heterocycles. The highest BCUT2D eigenvalue weighted by molar-refractivity contribution is 7.89. The van der Waals surface area contributed by atoms with Gasteiger partial charge in [-0.05, 0) is 31.0 Å². The molecule has 18 heavy (non-hydrogen) atoms. The highest BCUT2D eigenvalue weighted by Crippen LogP contribution is 2.14. The number of hydrogen-bond donors (Lipinski definition) is 0. The zero-order valence-electron chi connectivity index (χ0n) is 11.2. The SMILES string of the molecule is CCCS(=O)(=O)N(C)Cc1ccc(OCC)cc1. The van der Waals surface area contributed by atoms with Gasteiger partial charge in [-0.15, -0.1) is 0 Å². The number of hydrogen-bond acceptors (Lipinski definition) is 3. The Morgan fingerprint density at radius 3 is 2.28 bits per heavy atom. The van der Waals surface area contributed by atoms with Crippen LogP contribution in [-0.4, -0.2) is 32.1 Å². The summed E-state index contributed by atoms with van der Waals surface area (Å²) < 4.78 is 30.3. The standard InChI is InChI=1S/C13H21NO3S/c1-4-10-18(15,16)14(3)11-12-6-8-13(9-7-12)17-5-2/h6-9H,4-5,10-11H2,1-3H3. The van der Waals surface area contributed by atoms with Gasteiger partial charge in [0.2, 0.25) is 10.0 Å². The fourth-order valence-corrected chi connectivity index (χ4v) is 2.80. The molecule has 0 aliphatic rings. The van der Waals surface area contributed by atoms with E-state index in [1.54, 1.807) is 7.05 Å². The lowest BCUT2D eigenvalue weighted by molar-refractivity contribution is 0.340. The zero-order valence-corrected chi connectivity index (χ0v) is 12.0. The minimum Gasteiger partial charge on any atom is -0.494 e. The van der Waals surface area contributed by atoms with Crippen LogP contribution in [0, 0.1) is 0 Å². The molecule has 0 aliphatic heterocycles. The maximum atomic E-state index is 11.8. The first-order valence-corrected chi connectivity index (χ1v) is 7.76. The van der Waals surface area contributed by atoms with Crippen molar-refractivity contribution >= 4 is 10.0 Å². The summed E-state index contributed by atoms with van der Waals surface area (Å²) >= 11 is 0. The molecular weight excluding hydrogens is 250 g/mol. The van der Waals surface area contributed by atoms with Crippen LogP contribution in [0.4, 0.5) is 0 Å². The quantitative estimate of drug-likeness (QED) is 0.764. The van der Waals surface area contributed by atoms with Gasteiger partial charge in [0.1, 0.15) is 5.75 Å². The Balaban J connectivity index is 2.67. The molecule has 0 aliphatic carbocycles. The average Bonchev–Trinajstić information content (AvgIpc) is 2.32. The number of benzene rings is 1. The highest BCUT2D eigenvalue weighted by atomic mass is 32.2. The van der Waals surface area contributed by atoms with Crippen molar-refractivity contribution in [1.29, 1.82) is 0 Å². The van der Waals surface area contributed by atoms with Gasteiger partial charge in [0.25, 0.3) is 0 Å². The molecule has 0 saturated heterocycles. The first-order chi connectivity index (χ1) is 8.49. The number of ether oxygens (including phenoxy) is 1. The van der Waals surface area contributed by atoms with Crippen LogP contribution in [0.1, 0.15) is 25.8 Å². The van der Waals surface area contributed by atoms with Gasteiger partial charge in [0.05, 0.1) is 12.4 Å². The normalized spacial score (nSPS) is 11.8. The second-order valence-corrected chi connectivity index (χ2v) is 6.34. The molecule has 4 nitrogen and oxygen atoms in total. The number of nitrogens with zero attached hydrogens (tertiary/aromatic N) is 1. The zero-order chi connectivity index (χ0) is 13.6. The summed E-state index contributed by atoms with van der Waals surface area (Å²) in [5.41, 5.74) is 0.959. The van der Waals surface area contributed by atoms with Crippen LogP contribution in [0.15, 0.2) is 24.3 Å². The molecule has 0 unspecified atom stereocenters. The maximum absolute atomic E-state index is 11.8. The third-order valence-electron chi connectivity index (χ3n) is 2.58. The van der Waals surface area contributed by atoms with Crippen molar-refractivity contribution < 1.29 is 13.2 Å². The van der Waals surface area contributed by atoms with Crippen molar-refractivity contribution in [2.45, 2.75) is 26.8 Å². The minimum atomic E-state index is -3.13. The lowest BCUT2D eigenvalue weighted by Crippen LogP contribution is -2.28. The molecule has 1 rings (SSSR count). The van der Waals surface area contributed by atoms with Crippen LogP contribution in [0.25, 0.3) is 0 Å². The van der Waals surface area contributed by atoms with E-state index in [2.05, 4.69) is 0 Å². The highest BCUT2D eigenvalue weighted by Gasteiger charge is 2.16. The van der Waals surface area contributed by atoms with Gasteiger partial charge in [-0.3, -0.25) is 0 Å². The summed E-state index contributed by atoms with van der Waals surface area (Å²) in [5, 5.41) is 0. The molecule has 0 fully saturated rings. The van der Waals surface area contributed by atoms with Gasteiger partial charge in [-0.2, -0.15) is 0 Å². The van der Waals surface area contributed by atoms with Crippen LogP contribution in [0.5, 0.6) is 5.75 Å². The lowest BCUT2D eigenvalue weighted by atomic mass is 10.2. The Kier molecular flexibility index (Phi) is 5.62. The number of rotatable bonds is 7. The van der Waals surface area contributed by atoms with Gasteiger partial charge in [-0.25, -0.2) is 12.7 Å². The van der Waals surface area contributed by atoms with Crippen molar-refractivity contribution in [3.8, 4) is 5.75 Å². The van der Waals surface area contributed by atoms with E-state index in [9.17, 15) is 8.42 Å². The molecule has 1 aromatic carbocycles. The van der Waals surface area contributed by atoms with E-state index in [4.69, 9.17) is 4.74 Å². The molecule has 1 aromatic rings. The smallest absolute Gasteiger partial charge is 0.214 e. The van der Waals surface area contributed by atoms with E-state index >= 15 is 0 Å². The maximum Gasteiger partial charge on any atom is 0.214 e. The summed E-state index contributed by atoms with van der Waals surface area (Å²) in [7, 11) is -1.51. The molecule has 0 aromatic heterocycles. The van der Waals surface area contributed by atoms with Crippen molar-refractivity contribution in [2.75, 3.05) is 19.4 Å². The Hall–Kier alpha value is -1.07. The Labute approximate surface area is 110 Å². The van der Waals surface area contributed by atoms with Crippen LogP contribution < -0.4 is 4.74 Å². The first kappa shape index (κ1) is 15.0. The molecule has 0 bridgehead atoms. The monoisotopic (exact) mass is 271 g/mol. The molecule has 0 N–H and O–H groups in total. The molecule has 0 saturated carbocycles. The fourth-order valence-electron chi connectivity index (χ4n) is 1.63. The van der Waals surface area contributed by atoms with E-state index in [1.807, 2.05) is 38.1 Å². The van der Waals surface area contributed by atoms with Gasteiger partial charge < -0.3 is 4.74 Å². The fraction of sp³-hybridized carbons (Fsp3) is 0.538. The molecule has 5 heteroatoms. The van der Waals surface area contributed by atoms with Gasteiger partial charge in [-0.1, -0.05) is 19.1 Å². The lowest BCUT2D eigenvalue weighted by Gasteiger charge is -2.16. The van der Waals surface area contributed by atoms with Crippen molar-refractivity contribution in [2.24, 2.45) is 0 Å². The topological polar surface area (TPSA) is 46.6 Å². The Bertz CT molecular complexity index is 454.